The number of likely N-dealkylation sites (tertiary alicyclic amines) is 1. The van der Waals surface area contributed by atoms with Gasteiger partial charge in [-0.3, -0.25) is 9.58 Å². The summed E-state index contributed by atoms with van der Waals surface area (Å²) in [6.45, 7) is 13.8. The van der Waals surface area contributed by atoms with Gasteiger partial charge in [-0.1, -0.05) is 20.8 Å². The zero-order valence-electron chi connectivity index (χ0n) is 16.5. The van der Waals surface area contributed by atoms with Gasteiger partial charge >= 0.3 is 0 Å². The Kier molecular flexibility index (Phi) is 7.68. The highest BCUT2D eigenvalue weighted by molar-refractivity contribution is 5.79. The van der Waals surface area contributed by atoms with E-state index in [1.807, 2.05) is 7.05 Å². The lowest BCUT2D eigenvalue weighted by molar-refractivity contribution is 0.110. The number of guanidine groups is 1. The monoisotopic (exact) mass is 349 g/mol. The first-order valence-corrected chi connectivity index (χ1v) is 9.60. The second-order valence-electron chi connectivity index (χ2n) is 7.41. The summed E-state index contributed by atoms with van der Waals surface area (Å²) in [4.78, 5) is 11.5. The maximum Gasteiger partial charge on any atom is 0.191 e. The predicted octanol–water partition coefficient (Wildman–Crippen LogP) is 1.63. The van der Waals surface area contributed by atoms with Gasteiger partial charge in [-0.25, -0.2) is 9.98 Å². The molecule has 0 spiro atoms. The Labute approximate surface area is 152 Å². The number of nitrogens with zero attached hydrogens (tertiary/aromatic N) is 5. The van der Waals surface area contributed by atoms with Crippen LogP contribution in [0.3, 0.4) is 0 Å². The van der Waals surface area contributed by atoms with Crippen molar-refractivity contribution < 1.29 is 0 Å². The molecule has 1 unspecified atom stereocenters. The minimum atomic E-state index is 0.527. The molecule has 1 aromatic heterocycles. The van der Waals surface area contributed by atoms with E-state index in [2.05, 4.69) is 58.3 Å². The zero-order chi connectivity index (χ0) is 18.2. The molecule has 25 heavy (non-hydrogen) atoms. The molecular weight excluding hydrogens is 314 g/mol. The summed E-state index contributed by atoms with van der Waals surface area (Å²) in [7, 11) is 1.89. The van der Waals surface area contributed by atoms with Crippen LogP contribution in [0.25, 0.3) is 0 Å². The molecule has 0 bridgehead atoms. The summed E-state index contributed by atoms with van der Waals surface area (Å²) in [6.07, 6.45) is 4.18. The number of aliphatic imine (C=N–C) groups is 1. The molecule has 2 heterocycles. The van der Waals surface area contributed by atoms with E-state index in [9.17, 15) is 0 Å². The second kappa shape index (κ2) is 9.75. The Morgan fingerprint density at radius 1 is 1.32 bits per heavy atom. The number of piperidine rings is 1. The number of rotatable bonds is 7. The third kappa shape index (κ3) is 5.99. The van der Waals surface area contributed by atoms with E-state index < -0.39 is 0 Å². The minimum absolute atomic E-state index is 0.527. The van der Waals surface area contributed by atoms with Gasteiger partial charge in [0, 0.05) is 26.2 Å². The van der Waals surface area contributed by atoms with E-state index >= 15 is 0 Å². The molecule has 2 rings (SSSR count). The molecule has 7 nitrogen and oxygen atoms in total. The summed E-state index contributed by atoms with van der Waals surface area (Å²) in [6, 6.07) is 0.534. The fourth-order valence-electron chi connectivity index (χ4n) is 3.30. The normalized spacial score (nSPS) is 18.6. The first-order valence-electron chi connectivity index (χ1n) is 9.60. The van der Waals surface area contributed by atoms with Gasteiger partial charge in [-0.2, -0.15) is 5.10 Å². The molecular formula is C18H35N7. The van der Waals surface area contributed by atoms with Gasteiger partial charge in [-0.15, -0.1) is 0 Å². The largest absolute Gasteiger partial charge is 0.357 e. The molecule has 0 aromatic carbocycles. The van der Waals surface area contributed by atoms with Crippen LogP contribution in [0.15, 0.2) is 11.3 Å². The summed E-state index contributed by atoms with van der Waals surface area (Å²) in [5.74, 6) is 3.19. The second-order valence-corrected chi connectivity index (χ2v) is 7.41. The Morgan fingerprint density at radius 2 is 2.04 bits per heavy atom. The Balaban J connectivity index is 1.93. The molecule has 2 N–H and O–H groups in total. The van der Waals surface area contributed by atoms with Crippen molar-refractivity contribution in [3.63, 3.8) is 0 Å². The van der Waals surface area contributed by atoms with Crippen molar-refractivity contribution in [1.82, 2.24) is 30.3 Å². The van der Waals surface area contributed by atoms with Gasteiger partial charge in [0.25, 0.3) is 0 Å². The van der Waals surface area contributed by atoms with Gasteiger partial charge < -0.3 is 10.6 Å². The lowest BCUT2D eigenvalue weighted by atomic mass is 9.94. The van der Waals surface area contributed by atoms with Crippen molar-refractivity contribution in [2.45, 2.75) is 53.1 Å². The van der Waals surface area contributed by atoms with Crippen LogP contribution in [0.5, 0.6) is 0 Å². The lowest BCUT2D eigenvalue weighted by Gasteiger charge is -2.39. The number of aromatic nitrogens is 3. The average molecular weight is 350 g/mol. The van der Waals surface area contributed by atoms with E-state index in [1.54, 1.807) is 11.0 Å². The van der Waals surface area contributed by atoms with Crippen molar-refractivity contribution in [3.05, 3.63) is 12.2 Å². The molecule has 0 radical (unpaired) electrons. The Bertz CT molecular complexity index is 529. The van der Waals surface area contributed by atoms with Gasteiger partial charge in [-0.05, 0) is 44.7 Å². The molecule has 0 saturated carbocycles. The van der Waals surface area contributed by atoms with Crippen LogP contribution in [0.1, 0.15) is 46.4 Å². The number of hydrogen-bond donors (Lipinski definition) is 2. The molecule has 1 aromatic rings. The smallest absolute Gasteiger partial charge is 0.191 e. The topological polar surface area (TPSA) is 70.4 Å². The first kappa shape index (κ1) is 19.7. The molecule has 1 atom stereocenters. The van der Waals surface area contributed by atoms with Crippen molar-refractivity contribution >= 4 is 5.96 Å². The first-order chi connectivity index (χ1) is 12.0. The van der Waals surface area contributed by atoms with Gasteiger partial charge in [0.15, 0.2) is 5.96 Å². The third-order valence-corrected chi connectivity index (χ3v) is 5.06. The van der Waals surface area contributed by atoms with Crippen LogP contribution in [0, 0.1) is 11.8 Å². The van der Waals surface area contributed by atoms with Gasteiger partial charge in [0.05, 0.1) is 0 Å². The zero-order valence-corrected chi connectivity index (χ0v) is 16.5. The van der Waals surface area contributed by atoms with Crippen molar-refractivity contribution in [1.29, 1.82) is 0 Å². The number of hydrogen-bond acceptors (Lipinski definition) is 4. The van der Waals surface area contributed by atoms with E-state index in [1.165, 1.54) is 25.9 Å². The highest BCUT2D eigenvalue weighted by Gasteiger charge is 2.25. The molecule has 1 aliphatic rings. The van der Waals surface area contributed by atoms with E-state index in [-0.39, 0.29) is 0 Å². The maximum atomic E-state index is 4.66. The SMILES string of the molecule is CCNC(=NCc1ncnn1C)NCC(C(C)C)N1CCC(C)CC1. The van der Waals surface area contributed by atoms with Crippen LogP contribution in [0.4, 0.5) is 0 Å². The Morgan fingerprint density at radius 3 is 2.60 bits per heavy atom. The molecule has 7 heteroatoms. The molecule has 0 amide bonds. The van der Waals surface area contributed by atoms with Crippen LogP contribution in [-0.4, -0.2) is 57.8 Å². The minimum Gasteiger partial charge on any atom is -0.357 e. The van der Waals surface area contributed by atoms with Crippen LogP contribution >= 0.6 is 0 Å². The van der Waals surface area contributed by atoms with Crippen molar-refractivity contribution in [3.8, 4) is 0 Å². The predicted molar refractivity (Wildman–Crippen MR) is 102 cm³/mol. The summed E-state index contributed by atoms with van der Waals surface area (Å²) < 4.78 is 1.76. The van der Waals surface area contributed by atoms with Crippen molar-refractivity contribution in [2.75, 3.05) is 26.2 Å². The highest BCUT2D eigenvalue weighted by Crippen LogP contribution is 2.21. The molecule has 0 aliphatic carbocycles. The summed E-state index contributed by atoms with van der Waals surface area (Å²) >= 11 is 0. The van der Waals surface area contributed by atoms with Gasteiger partial charge in [0.1, 0.15) is 18.7 Å². The third-order valence-electron chi connectivity index (χ3n) is 5.06. The number of aryl methyl sites for hydroxylation is 1. The summed E-state index contributed by atoms with van der Waals surface area (Å²) in [5.41, 5.74) is 0. The van der Waals surface area contributed by atoms with Crippen LogP contribution in [0.2, 0.25) is 0 Å². The van der Waals surface area contributed by atoms with Gasteiger partial charge in [0.2, 0.25) is 0 Å². The molecule has 142 valence electrons. The highest BCUT2D eigenvalue weighted by atomic mass is 15.3. The molecule has 1 fully saturated rings. The molecule has 1 aliphatic heterocycles. The fourth-order valence-corrected chi connectivity index (χ4v) is 3.30. The fraction of sp³-hybridized carbons (Fsp3) is 0.833. The Hall–Kier alpha value is -1.63. The summed E-state index contributed by atoms with van der Waals surface area (Å²) in [5, 5.41) is 11.0. The van der Waals surface area contributed by atoms with Crippen LogP contribution < -0.4 is 10.6 Å². The molecule has 1 saturated heterocycles. The maximum absolute atomic E-state index is 4.66. The van der Waals surface area contributed by atoms with E-state index in [4.69, 9.17) is 0 Å². The van der Waals surface area contributed by atoms with E-state index in [0.29, 0.717) is 18.5 Å². The quantitative estimate of drug-likeness (QED) is 0.578. The average Bonchev–Trinajstić information content (AvgIpc) is 2.99. The van der Waals surface area contributed by atoms with Crippen molar-refractivity contribution in [2.24, 2.45) is 23.9 Å². The number of nitrogens with one attached hydrogen (secondary N) is 2. The lowest BCUT2D eigenvalue weighted by Crippen LogP contribution is -2.51. The van der Waals surface area contributed by atoms with Crippen LogP contribution in [-0.2, 0) is 13.6 Å². The van der Waals surface area contributed by atoms with E-state index in [0.717, 1.165) is 30.8 Å². The standard InChI is InChI=1S/C18H35N7/c1-6-19-18(21-12-17-22-13-23-24(17)5)20-11-16(14(2)3)25-9-7-15(4)8-10-25/h13-16H,6-12H2,1-5H3,(H2,19,20,21).